The first kappa shape index (κ1) is 11.8. The van der Waals surface area contributed by atoms with Gasteiger partial charge in [0.25, 0.3) is 0 Å². The molecule has 0 aliphatic rings. The number of hydrogen-bond acceptors (Lipinski definition) is 2. The van der Waals surface area contributed by atoms with Gasteiger partial charge in [0, 0.05) is 18.8 Å². The Morgan fingerprint density at radius 3 is 2.47 bits per heavy atom. The molecule has 17 heavy (non-hydrogen) atoms. The first-order chi connectivity index (χ1) is 8.16. The second kappa shape index (κ2) is 5.11. The summed E-state index contributed by atoms with van der Waals surface area (Å²) in [6, 6.07) is 10.2. The van der Waals surface area contributed by atoms with Crippen molar-refractivity contribution in [3.05, 3.63) is 65.0 Å². The van der Waals surface area contributed by atoms with Gasteiger partial charge in [-0.2, -0.15) is 0 Å². The van der Waals surface area contributed by atoms with E-state index < -0.39 is 6.10 Å². The van der Waals surface area contributed by atoms with Crippen LogP contribution in [0.15, 0.2) is 42.7 Å². The quantitative estimate of drug-likeness (QED) is 0.874. The highest BCUT2D eigenvalue weighted by Gasteiger charge is 2.10. The van der Waals surface area contributed by atoms with Crippen molar-refractivity contribution in [2.24, 2.45) is 0 Å². The molecule has 1 N–H and O–H groups in total. The maximum atomic E-state index is 10.2. The van der Waals surface area contributed by atoms with Crippen LogP contribution in [-0.4, -0.2) is 10.1 Å². The Labute approximate surface area is 102 Å². The number of hydrogen-bond donors (Lipinski definition) is 1. The molecule has 2 rings (SSSR count). The van der Waals surface area contributed by atoms with Crippen molar-refractivity contribution in [2.75, 3.05) is 0 Å². The van der Waals surface area contributed by atoms with Gasteiger partial charge in [0.15, 0.2) is 0 Å². The summed E-state index contributed by atoms with van der Waals surface area (Å²) in [7, 11) is 0. The van der Waals surface area contributed by atoms with E-state index in [2.05, 4.69) is 36.2 Å². The summed E-state index contributed by atoms with van der Waals surface area (Å²) >= 11 is 0. The van der Waals surface area contributed by atoms with E-state index in [0.717, 1.165) is 16.7 Å². The van der Waals surface area contributed by atoms with Crippen molar-refractivity contribution in [3.8, 4) is 0 Å². The van der Waals surface area contributed by atoms with Crippen molar-refractivity contribution in [3.63, 3.8) is 0 Å². The van der Waals surface area contributed by atoms with Crippen molar-refractivity contribution < 1.29 is 5.11 Å². The zero-order valence-electron chi connectivity index (χ0n) is 10.2. The first-order valence-electron chi connectivity index (χ1n) is 5.81. The molecule has 0 fully saturated rings. The summed E-state index contributed by atoms with van der Waals surface area (Å²) in [5.41, 5.74) is 4.38. The smallest absolute Gasteiger partial charge is 0.0834 e. The molecule has 0 spiro atoms. The monoisotopic (exact) mass is 227 g/mol. The summed E-state index contributed by atoms with van der Waals surface area (Å²) in [5, 5.41) is 10.2. The highest BCUT2D eigenvalue weighted by Crippen LogP contribution is 2.20. The average Bonchev–Trinajstić information content (AvgIpc) is 2.32. The average molecular weight is 227 g/mol. The summed E-state index contributed by atoms with van der Waals surface area (Å²) in [5.74, 6) is 0. The fourth-order valence-corrected chi connectivity index (χ4v) is 1.92. The van der Waals surface area contributed by atoms with Crippen LogP contribution in [0.5, 0.6) is 0 Å². The predicted molar refractivity (Wildman–Crippen MR) is 68.8 cm³/mol. The van der Waals surface area contributed by atoms with E-state index in [9.17, 15) is 5.11 Å². The molecule has 0 amide bonds. The number of rotatable bonds is 3. The maximum absolute atomic E-state index is 10.2. The number of aryl methyl sites for hydroxylation is 2. The number of aliphatic hydroxyl groups is 1. The number of pyridine rings is 1. The molecule has 1 heterocycles. The molecule has 0 saturated heterocycles. The van der Waals surface area contributed by atoms with E-state index in [1.165, 1.54) is 5.56 Å². The van der Waals surface area contributed by atoms with Crippen molar-refractivity contribution >= 4 is 0 Å². The normalized spacial score (nSPS) is 12.4. The van der Waals surface area contributed by atoms with E-state index in [1.807, 2.05) is 13.0 Å². The van der Waals surface area contributed by atoms with Crippen LogP contribution in [0.4, 0.5) is 0 Å². The summed E-state index contributed by atoms with van der Waals surface area (Å²) in [6.45, 7) is 4.04. The standard InChI is InChI=1S/C15H17NO/c1-11-3-5-13(6-4-11)9-15(17)14-7-8-16-10-12(14)2/h3-8,10,15,17H,9H2,1-2H3. The van der Waals surface area contributed by atoms with Crippen LogP contribution >= 0.6 is 0 Å². The molecule has 88 valence electrons. The van der Waals surface area contributed by atoms with Gasteiger partial charge in [0.05, 0.1) is 6.10 Å². The van der Waals surface area contributed by atoms with E-state index >= 15 is 0 Å². The van der Waals surface area contributed by atoms with Gasteiger partial charge in [-0.25, -0.2) is 0 Å². The van der Waals surface area contributed by atoms with Gasteiger partial charge in [0.2, 0.25) is 0 Å². The molecule has 1 aromatic carbocycles. The van der Waals surface area contributed by atoms with Gasteiger partial charge in [-0.05, 0) is 36.6 Å². The van der Waals surface area contributed by atoms with E-state index in [4.69, 9.17) is 0 Å². The molecule has 0 radical (unpaired) electrons. The zero-order chi connectivity index (χ0) is 12.3. The Morgan fingerprint density at radius 2 is 1.82 bits per heavy atom. The molecular formula is C15H17NO. The Bertz CT molecular complexity index is 491. The minimum absolute atomic E-state index is 0.458. The summed E-state index contributed by atoms with van der Waals surface area (Å²) in [4.78, 5) is 4.03. The van der Waals surface area contributed by atoms with Gasteiger partial charge in [0.1, 0.15) is 0 Å². The fourth-order valence-electron chi connectivity index (χ4n) is 1.92. The Hall–Kier alpha value is -1.67. The lowest BCUT2D eigenvalue weighted by Gasteiger charge is -2.13. The van der Waals surface area contributed by atoms with Crippen LogP contribution in [-0.2, 0) is 6.42 Å². The van der Waals surface area contributed by atoms with Crippen LogP contribution in [0.2, 0.25) is 0 Å². The Kier molecular flexibility index (Phi) is 3.55. The molecule has 2 aromatic rings. The number of nitrogens with zero attached hydrogens (tertiary/aromatic N) is 1. The molecule has 0 bridgehead atoms. The SMILES string of the molecule is Cc1ccc(CC(O)c2ccncc2C)cc1. The van der Waals surface area contributed by atoms with Crippen LogP contribution in [0.25, 0.3) is 0 Å². The third kappa shape index (κ3) is 2.92. The van der Waals surface area contributed by atoms with E-state index in [0.29, 0.717) is 6.42 Å². The van der Waals surface area contributed by atoms with Crippen molar-refractivity contribution in [2.45, 2.75) is 26.4 Å². The highest BCUT2D eigenvalue weighted by atomic mass is 16.3. The van der Waals surface area contributed by atoms with Crippen LogP contribution in [0.1, 0.15) is 28.4 Å². The molecule has 1 aromatic heterocycles. The molecule has 1 unspecified atom stereocenters. The Morgan fingerprint density at radius 1 is 1.12 bits per heavy atom. The van der Waals surface area contributed by atoms with Gasteiger partial charge < -0.3 is 5.11 Å². The summed E-state index contributed by atoms with van der Waals surface area (Å²) < 4.78 is 0. The highest BCUT2D eigenvalue weighted by molar-refractivity contribution is 5.27. The van der Waals surface area contributed by atoms with Gasteiger partial charge >= 0.3 is 0 Å². The molecule has 2 nitrogen and oxygen atoms in total. The first-order valence-corrected chi connectivity index (χ1v) is 5.81. The van der Waals surface area contributed by atoms with E-state index in [1.54, 1.807) is 12.4 Å². The fraction of sp³-hybridized carbons (Fsp3) is 0.267. The predicted octanol–water partition coefficient (Wildman–Crippen LogP) is 2.97. The van der Waals surface area contributed by atoms with E-state index in [-0.39, 0.29) is 0 Å². The Balaban J connectivity index is 2.14. The largest absolute Gasteiger partial charge is 0.388 e. The van der Waals surface area contributed by atoms with Crippen LogP contribution in [0, 0.1) is 13.8 Å². The lowest BCUT2D eigenvalue weighted by molar-refractivity contribution is 0.177. The van der Waals surface area contributed by atoms with Crippen molar-refractivity contribution in [1.82, 2.24) is 4.98 Å². The second-order valence-corrected chi connectivity index (χ2v) is 4.44. The molecular weight excluding hydrogens is 210 g/mol. The number of aliphatic hydroxyl groups excluding tert-OH is 1. The third-order valence-electron chi connectivity index (χ3n) is 2.97. The lowest BCUT2D eigenvalue weighted by atomic mass is 9.99. The third-order valence-corrected chi connectivity index (χ3v) is 2.97. The maximum Gasteiger partial charge on any atom is 0.0834 e. The lowest BCUT2D eigenvalue weighted by Crippen LogP contribution is -2.04. The minimum atomic E-state index is -0.458. The van der Waals surface area contributed by atoms with Gasteiger partial charge in [-0.3, -0.25) is 4.98 Å². The number of aromatic nitrogens is 1. The van der Waals surface area contributed by atoms with Crippen LogP contribution in [0.3, 0.4) is 0 Å². The number of benzene rings is 1. The van der Waals surface area contributed by atoms with Crippen molar-refractivity contribution in [1.29, 1.82) is 0 Å². The molecule has 2 heteroatoms. The molecule has 1 atom stereocenters. The zero-order valence-corrected chi connectivity index (χ0v) is 10.2. The molecule has 0 saturated carbocycles. The van der Waals surface area contributed by atoms with Gasteiger partial charge in [-0.1, -0.05) is 29.8 Å². The topological polar surface area (TPSA) is 33.1 Å². The summed E-state index contributed by atoms with van der Waals surface area (Å²) in [6.07, 6.45) is 3.69. The van der Waals surface area contributed by atoms with Crippen LogP contribution < -0.4 is 0 Å². The minimum Gasteiger partial charge on any atom is -0.388 e. The molecule has 0 aliphatic heterocycles. The second-order valence-electron chi connectivity index (χ2n) is 4.44. The molecule has 0 aliphatic carbocycles. The van der Waals surface area contributed by atoms with Gasteiger partial charge in [-0.15, -0.1) is 0 Å².